The van der Waals surface area contributed by atoms with Crippen LogP contribution in [-0.4, -0.2) is 17.0 Å². The van der Waals surface area contributed by atoms with Crippen molar-refractivity contribution in [3.05, 3.63) is 42.1 Å². The molecule has 0 saturated carbocycles. The second-order valence-corrected chi connectivity index (χ2v) is 3.67. The summed E-state index contributed by atoms with van der Waals surface area (Å²) in [7, 11) is 1.77. The Morgan fingerprint density at radius 1 is 1.22 bits per heavy atom. The summed E-state index contributed by atoms with van der Waals surface area (Å²) in [4.78, 5) is 8.30. The highest BCUT2D eigenvalue weighted by molar-refractivity contribution is 5.57. The molecule has 0 aliphatic rings. The van der Waals surface area contributed by atoms with Gasteiger partial charge < -0.3 is 10.6 Å². The zero-order chi connectivity index (χ0) is 12.8. The fraction of sp³-hybridized carbons (Fsp3) is 0.154. The van der Waals surface area contributed by atoms with E-state index in [0.29, 0.717) is 12.4 Å². The van der Waals surface area contributed by atoms with Crippen LogP contribution in [0.1, 0.15) is 5.56 Å². The van der Waals surface area contributed by atoms with E-state index in [1.807, 2.05) is 24.3 Å². The molecule has 0 fully saturated rings. The van der Waals surface area contributed by atoms with Gasteiger partial charge in [0.25, 0.3) is 0 Å². The summed E-state index contributed by atoms with van der Waals surface area (Å²) in [5, 5.41) is 14.6. The van der Waals surface area contributed by atoms with Crippen LogP contribution in [0.3, 0.4) is 0 Å². The quantitative estimate of drug-likeness (QED) is 0.856. The van der Waals surface area contributed by atoms with Crippen molar-refractivity contribution in [1.29, 1.82) is 5.26 Å². The number of nitrogens with zero attached hydrogens (tertiary/aromatic N) is 3. The van der Waals surface area contributed by atoms with E-state index in [0.717, 1.165) is 17.1 Å². The average molecular weight is 239 g/mol. The molecule has 2 N–H and O–H groups in total. The number of benzene rings is 1. The highest BCUT2D eigenvalue weighted by Gasteiger charge is 1.98. The van der Waals surface area contributed by atoms with Gasteiger partial charge in [-0.25, -0.2) is 4.98 Å². The Labute approximate surface area is 106 Å². The number of nitriles is 1. The largest absolute Gasteiger partial charge is 0.357 e. The molecule has 2 rings (SSSR count). The van der Waals surface area contributed by atoms with Crippen LogP contribution in [0.2, 0.25) is 0 Å². The van der Waals surface area contributed by atoms with Gasteiger partial charge in [0.1, 0.15) is 5.82 Å². The predicted octanol–water partition coefficient (Wildman–Crippen LogP) is 2.33. The average Bonchev–Trinajstić information content (AvgIpc) is 2.42. The van der Waals surface area contributed by atoms with Gasteiger partial charge in [-0.05, 0) is 23.8 Å². The van der Waals surface area contributed by atoms with Crippen LogP contribution < -0.4 is 10.6 Å². The molecule has 0 aliphatic carbocycles. The van der Waals surface area contributed by atoms with Crippen molar-refractivity contribution in [2.45, 2.75) is 6.42 Å². The minimum atomic E-state index is 0.428. The predicted molar refractivity (Wildman–Crippen MR) is 70.6 cm³/mol. The summed E-state index contributed by atoms with van der Waals surface area (Å²) in [6.07, 6.45) is 2.11. The Bertz CT molecular complexity index is 556. The number of nitrogens with one attached hydrogen (secondary N) is 2. The zero-order valence-corrected chi connectivity index (χ0v) is 10.0. The first-order valence-corrected chi connectivity index (χ1v) is 5.55. The molecule has 0 spiro atoms. The maximum atomic E-state index is 8.59. The highest BCUT2D eigenvalue weighted by atomic mass is 15.1. The summed E-state index contributed by atoms with van der Waals surface area (Å²) in [5.74, 6) is 1.29. The number of hydrogen-bond acceptors (Lipinski definition) is 5. The normalized spacial score (nSPS) is 9.56. The van der Waals surface area contributed by atoms with Crippen molar-refractivity contribution in [3.63, 3.8) is 0 Å². The van der Waals surface area contributed by atoms with E-state index in [1.165, 1.54) is 0 Å². The molecule has 0 aliphatic heterocycles. The monoisotopic (exact) mass is 239 g/mol. The van der Waals surface area contributed by atoms with Gasteiger partial charge >= 0.3 is 0 Å². The van der Waals surface area contributed by atoms with Crippen molar-refractivity contribution in [3.8, 4) is 6.07 Å². The lowest BCUT2D eigenvalue weighted by Gasteiger charge is -2.07. The molecule has 5 heteroatoms. The van der Waals surface area contributed by atoms with Gasteiger partial charge in [-0.15, -0.1) is 0 Å². The molecule has 0 bridgehead atoms. The summed E-state index contributed by atoms with van der Waals surface area (Å²) in [6.45, 7) is 0. The van der Waals surface area contributed by atoms with E-state index >= 15 is 0 Å². The van der Waals surface area contributed by atoms with Crippen LogP contribution >= 0.6 is 0 Å². The Morgan fingerprint density at radius 2 is 2.00 bits per heavy atom. The molecule has 0 unspecified atom stereocenters. The standard InChI is InChI=1S/C13H13N5/c1-15-13-16-9-7-12(18-13)17-11-4-2-10(3-5-11)6-8-14/h2-5,7,9H,6H2,1H3,(H2,15,16,17,18). The first-order valence-electron chi connectivity index (χ1n) is 5.55. The Balaban J connectivity index is 2.11. The van der Waals surface area contributed by atoms with Gasteiger partial charge in [-0.3, -0.25) is 0 Å². The minimum Gasteiger partial charge on any atom is -0.357 e. The van der Waals surface area contributed by atoms with E-state index in [4.69, 9.17) is 5.26 Å². The van der Waals surface area contributed by atoms with Crippen LogP contribution in [0, 0.1) is 11.3 Å². The van der Waals surface area contributed by atoms with Crippen LogP contribution in [0.25, 0.3) is 0 Å². The smallest absolute Gasteiger partial charge is 0.224 e. The van der Waals surface area contributed by atoms with E-state index in [9.17, 15) is 0 Å². The lowest BCUT2D eigenvalue weighted by Crippen LogP contribution is -1.99. The van der Waals surface area contributed by atoms with Crippen LogP contribution in [0.15, 0.2) is 36.5 Å². The Hall–Kier alpha value is -2.61. The van der Waals surface area contributed by atoms with E-state index in [-0.39, 0.29) is 0 Å². The fourth-order valence-electron chi connectivity index (χ4n) is 1.49. The van der Waals surface area contributed by atoms with Gasteiger partial charge in [0.2, 0.25) is 5.95 Å². The summed E-state index contributed by atoms with van der Waals surface area (Å²) < 4.78 is 0. The number of rotatable bonds is 4. The fourth-order valence-corrected chi connectivity index (χ4v) is 1.49. The van der Waals surface area contributed by atoms with Crippen molar-refractivity contribution in [1.82, 2.24) is 9.97 Å². The number of hydrogen-bond donors (Lipinski definition) is 2. The molecule has 0 radical (unpaired) electrons. The molecule has 1 aromatic carbocycles. The molecule has 18 heavy (non-hydrogen) atoms. The number of aromatic nitrogens is 2. The third-order valence-corrected chi connectivity index (χ3v) is 2.39. The molecular weight excluding hydrogens is 226 g/mol. The van der Waals surface area contributed by atoms with Gasteiger partial charge in [0.05, 0.1) is 12.5 Å². The summed E-state index contributed by atoms with van der Waals surface area (Å²) in [6, 6.07) is 11.6. The van der Waals surface area contributed by atoms with Crippen molar-refractivity contribution < 1.29 is 0 Å². The number of anilines is 3. The Morgan fingerprint density at radius 3 is 2.67 bits per heavy atom. The molecule has 90 valence electrons. The van der Waals surface area contributed by atoms with E-state index in [1.54, 1.807) is 19.3 Å². The summed E-state index contributed by atoms with van der Waals surface area (Å²) in [5.41, 5.74) is 1.93. The second kappa shape index (κ2) is 5.64. The molecule has 0 atom stereocenters. The molecule has 1 aromatic heterocycles. The molecule has 5 nitrogen and oxygen atoms in total. The van der Waals surface area contributed by atoms with E-state index < -0.39 is 0 Å². The Kier molecular flexibility index (Phi) is 3.72. The zero-order valence-electron chi connectivity index (χ0n) is 10.0. The highest BCUT2D eigenvalue weighted by Crippen LogP contribution is 2.15. The second-order valence-electron chi connectivity index (χ2n) is 3.67. The molecule has 0 amide bonds. The van der Waals surface area contributed by atoms with Crippen LogP contribution in [0.5, 0.6) is 0 Å². The van der Waals surface area contributed by atoms with Crippen molar-refractivity contribution in [2.75, 3.05) is 17.7 Å². The maximum absolute atomic E-state index is 8.59. The van der Waals surface area contributed by atoms with Crippen molar-refractivity contribution in [2.24, 2.45) is 0 Å². The minimum absolute atomic E-state index is 0.428. The lowest BCUT2D eigenvalue weighted by atomic mass is 10.1. The van der Waals surface area contributed by atoms with Gasteiger partial charge in [-0.2, -0.15) is 10.2 Å². The van der Waals surface area contributed by atoms with Crippen molar-refractivity contribution >= 4 is 17.5 Å². The first-order chi connectivity index (χ1) is 8.81. The van der Waals surface area contributed by atoms with Crippen LogP contribution in [-0.2, 0) is 6.42 Å². The molecule has 0 saturated heterocycles. The maximum Gasteiger partial charge on any atom is 0.224 e. The van der Waals surface area contributed by atoms with E-state index in [2.05, 4.69) is 26.7 Å². The van der Waals surface area contributed by atoms with Gasteiger partial charge in [-0.1, -0.05) is 12.1 Å². The first kappa shape index (κ1) is 11.9. The summed E-state index contributed by atoms with van der Waals surface area (Å²) >= 11 is 0. The lowest BCUT2D eigenvalue weighted by molar-refractivity contribution is 1.15. The third-order valence-electron chi connectivity index (χ3n) is 2.39. The van der Waals surface area contributed by atoms with Crippen LogP contribution in [0.4, 0.5) is 17.5 Å². The molecule has 2 aromatic rings. The van der Waals surface area contributed by atoms with Gasteiger partial charge in [0, 0.05) is 18.9 Å². The third kappa shape index (κ3) is 2.95. The molecular formula is C13H13N5. The van der Waals surface area contributed by atoms with Gasteiger partial charge in [0.15, 0.2) is 0 Å². The topological polar surface area (TPSA) is 73.6 Å². The molecule has 1 heterocycles. The SMILES string of the molecule is CNc1nccc(Nc2ccc(CC#N)cc2)n1.